The molecule has 0 saturated heterocycles. The van der Waals surface area contributed by atoms with Crippen LogP contribution in [0.15, 0.2) is 93.8 Å². The molecule has 0 unspecified atom stereocenters. The highest BCUT2D eigenvalue weighted by molar-refractivity contribution is 7.99. The number of aryl methyl sites for hydroxylation is 1. The number of carbonyl (C=O) groups is 1. The second kappa shape index (κ2) is 14.5. The van der Waals surface area contributed by atoms with Crippen molar-refractivity contribution < 1.29 is 21.6 Å². The maximum Gasteiger partial charge on any atom is 0.243 e. The third-order valence-corrected chi connectivity index (χ3v) is 11.7. The van der Waals surface area contributed by atoms with Crippen LogP contribution in [0.3, 0.4) is 0 Å². The summed E-state index contributed by atoms with van der Waals surface area (Å²) in [5.74, 6) is 0.132. The number of amides is 1. The Morgan fingerprint density at radius 3 is 2.16 bits per heavy atom. The van der Waals surface area contributed by atoms with E-state index in [0.29, 0.717) is 48.3 Å². The summed E-state index contributed by atoms with van der Waals surface area (Å²) in [6, 6.07) is 22.6. The minimum absolute atomic E-state index is 0.00942. The molecular formula is C30H36N6O5S3. The first kappa shape index (κ1) is 33.3. The summed E-state index contributed by atoms with van der Waals surface area (Å²) >= 11 is 1.19. The fraction of sp³-hybridized carbons (Fsp3) is 0.300. The van der Waals surface area contributed by atoms with Gasteiger partial charge in [0.25, 0.3) is 0 Å². The van der Waals surface area contributed by atoms with E-state index in [4.69, 9.17) is 0 Å². The molecule has 4 aromatic rings. The van der Waals surface area contributed by atoms with Crippen LogP contribution in [-0.4, -0.2) is 79.1 Å². The summed E-state index contributed by atoms with van der Waals surface area (Å²) in [5, 5.41) is 12.0. The van der Waals surface area contributed by atoms with Gasteiger partial charge in [-0.1, -0.05) is 74.1 Å². The predicted molar refractivity (Wildman–Crippen MR) is 172 cm³/mol. The number of benzene rings is 3. The van der Waals surface area contributed by atoms with Crippen LogP contribution in [0.1, 0.15) is 19.4 Å². The normalized spacial score (nSPS) is 12.1. The van der Waals surface area contributed by atoms with E-state index in [9.17, 15) is 21.6 Å². The lowest BCUT2D eigenvalue weighted by atomic mass is 10.1. The number of aromatic nitrogens is 3. The number of anilines is 1. The highest BCUT2D eigenvalue weighted by Gasteiger charge is 2.24. The van der Waals surface area contributed by atoms with Crippen molar-refractivity contribution in [3.05, 3.63) is 84.4 Å². The van der Waals surface area contributed by atoms with Gasteiger partial charge in [-0.3, -0.25) is 4.79 Å². The monoisotopic (exact) mass is 656 g/mol. The van der Waals surface area contributed by atoms with Crippen molar-refractivity contribution >= 4 is 43.4 Å². The van der Waals surface area contributed by atoms with Gasteiger partial charge >= 0.3 is 0 Å². The minimum Gasteiger partial charge on any atom is -0.325 e. The molecule has 3 aromatic carbocycles. The molecule has 0 aliphatic rings. The third kappa shape index (κ3) is 7.74. The summed E-state index contributed by atoms with van der Waals surface area (Å²) in [4.78, 5) is 13.1. The van der Waals surface area contributed by atoms with Gasteiger partial charge in [0.2, 0.25) is 26.0 Å². The van der Waals surface area contributed by atoms with Gasteiger partial charge in [-0.25, -0.2) is 21.1 Å². The van der Waals surface area contributed by atoms with E-state index in [2.05, 4.69) is 15.5 Å². The van der Waals surface area contributed by atoms with E-state index < -0.39 is 20.0 Å². The summed E-state index contributed by atoms with van der Waals surface area (Å²) in [6.45, 7) is 4.80. The molecule has 0 atom stereocenters. The first-order chi connectivity index (χ1) is 21.0. The number of rotatable bonds is 14. The Labute approximate surface area is 263 Å². The molecule has 14 heteroatoms. The molecule has 4 rings (SSSR count). The first-order valence-electron chi connectivity index (χ1n) is 14.0. The van der Waals surface area contributed by atoms with Crippen LogP contribution in [0.2, 0.25) is 0 Å². The second-order valence-electron chi connectivity index (χ2n) is 9.96. The molecule has 11 nitrogen and oxygen atoms in total. The van der Waals surface area contributed by atoms with Crippen LogP contribution >= 0.6 is 11.8 Å². The van der Waals surface area contributed by atoms with Crippen molar-refractivity contribution in [2.75, 3.05) is 38.3 Å². The molecule has 1 N–H and O–H groups in total. The Balaban J connectivity index is 1.59. The molecule has 0 aliphatic heterocycles. The highest BCUT2D eigenvalue weighted by atomic mass is 32.2. The van der Waals surface area contributed by atoms with Crippen molar-refractivity contribution in [1.29, 1.82) is 0 Å². The fourth-order valence-corrected chi connectivity index (χ4v) is 7.69. The number of nitrogens with zero attached hydrogens (tertiary/aromatic N) is 5. The molecule has 0 bridgehead atoms. The second-order valence-corrected chi connectivity index (χ2v) is 15.0. The van der Waals surface area contributed by atoms with Gasteiger partial charge in [0, 0.05) is 45.0 Å². The molecule has 0 saturated carbocycles. The first-order valence-corrected chi connectivity index (χ1v) is 17.9. The van der Waals surface area contributed by atoms with Crippen molar-refractivity contribution in [2.24, 2.45) is 0 Å². The van der Waals surface area contributed by atoms with E-state index in [1.807, 2.05) is 34.9 Å². The average Bonchev–Trinajstić information content (AvgIpc) is 3.42. The van der Waals surface area contributed by atoms with E-state index in [0.717, 1.165) is 9.87 Å². The lowest BCUT2D eigenvalue weighted by Crippen LogP contribution is -2.30. The third-order valence-electron chi connectivity index (χ3n) is 6.85. The zero-order chi connectivity index (χ0) is 31.9. The van der Waals surface area contributed by atoms with Crippen LogP contribution in [0.5, 0.6) is 0 Å². The SMILES string of the molecule is CCN(CC)S(=O)(=O)c1cccc(-c2nnc(SCC(=O)Nc3cccc(S(=O)(=O)N(C)C)c3)n2CCc2ccccc2)c1. The number of nitrogens with one attached hydrogen (secondary N) is 1. The maximum atomic E-state index is 13.2. The lowest BCUT2D eigenvalue weighted by Gasteiger charge is -2.19. The van der Waals surface area contributed by atoms with Gasteiger partial charge < -0.3 is 9.88 Å². The Hall–Kier alpha value is -3.56. The number of hydrogen-bond donors (Lipinski definition) is 1. The smallest absolute Gasteiger partial charge is 0.243 e. The van der Waals surface area contributed by atoms with E-state index >= 15 is 0 Å². The summed E-state index contributed by atoms with van der Waals surface area (Å²) < 4.78 is 55.8. The topological polar surface area (TPSA) is 135 Å². The van der Waals surface area contributed by atoms with Gasteiger partial charge in [-0.05, 0) is 42.3 Å². The van der Waals surface area contributed by atoms with Crippen LogP contribution in [0, 0.1) is 0 Å². The largest absolute Gasteiger partial charge is 0.325 e. The number of carbonyl (C=O) groups excluding carboxylic acids is 1. The van der Waals surface area contributed by atoms with Crippen LogP contribution < -0.4 is 5.32 Å². The lowest BCUT2D eigenvalue weighted by molar-refractivity contribution is -0.113. The van der Waals surface area contributed by atoms with Crippen LogP contribution in [0.25, 0.3) is 11.4 Å². The van der Waals surface area contributed by atoms with Crippen molar-refractivity contribution in [1.82, 2.24) is 23.4 Å². The van der Waals surface area contributed by atoms with Crippen molar-refractivity contribution in [3.8, 4) is 11.4 Å². The average molecular weight is 657 g/mol. The quantitative estimate of drug-likeness (QED) is 0.200. The number of sulfonamides is 2. The highest BCUT2D eigenvalue weighted by Crippen LogP contribution is 2.28. The van der Waals surface area contributed by atoms with Gasteiger partial charge in [-0.15, -0.1) is 10.2 Å². The van der Waals surface area contributed by atoms with Gasteiger partial charge in [0.1, 0.15) is 0 Å². The molecule has 0 fully saturated rings. The molecule has 0 aliphatic carbocycles. The minimum atomic E-state index is -3.68. The molecule has 1 amide bonds. The Morgan fingerprint density at radius 2 is 1.50 bits per heavy atom. The number of thioether (sulfide) groups is 1. The standard InChI is InChI=1S/C30H36N6O5S3/c1-5-35(6-2)44(40,41)26-16-10-14-24(20-26)29-32-33-30(36(29)19-18-23-12-8-7-9-13-23)42-22-28(37)31-25-15-11-17-27(21-25)43(38,39)34(3)4/h7-17,20-21H,5-6,18-19,22H2,1-4H3,(H,31,37). The molecule has 0 spiro atoms. The Bertz CT molecular complexity index is 1810. The summed E-state index contributed by atoms with van der Waals surface area (Å²) in [7, 11) is -4.45. The molecule has 44 heavy (non-hydrogen) atoms. The van der Waals surface area contributed by atoms with Gasteiger partial charge in [0.15, 0.2) is 11.0 Å². The molecule has 0 radical (unpaired) electrons. The predicted octanol–water partition coefficient (Wildman–Crippen LogP) is 4.20. The molecule has 234 valence electrons. The number of hydrogen-bond acceptors (Lipinski definition) is 8. The molecule has 1 aromatic heterocycles. The van der Waals surface area contributed by atoms with Crippen molar-refractivity contribution in [2.45, 2.75) is 41.8 Å². The zero-order valence-electron chi connectivity index (χ0n) is 25.0. The van der Waals surface area contributed by atoms with Gasteiger partial charge in [0.05, 0.1) is 15.5 Å². The molecular weight excluding hydrogens is 621 g/mol. The Kier molecular flexibility index (Phi) is 11.0. The van der Waals surface area contributed by atoms with Crippen LogP contribution in [0.4, 0.5) is 5.69 Å². The van der Waals surface area contributed by atoms with Crippen molar-refractivity contribution in [3.63, 3.8) is 0 Å². The van der Waals surface area contributed by atoms with E-state index in [1.165, 1.54) is 42.3 Å². The van der Waals surface area contributed by atoms with Gasteiger partial charge in [-0.2, -0.15) is 4.31 Å². The fourth-order valence-electron chi connectivity index (χ4n) is 4.48. The Morgan fingerprint density at radius 1 is 0.841 bits per heavy atom. The summed E-state index contributed by atoms with van der Waals surface area (Å²) in [5.41, 5.74) is 2.05. The van der Waals surface area contributed by atoms with E-state index in [1.54, 1.807) is 50.2 Å². The maximum absolute atomic E-state index is 13.2. The zero-order valence-corrected chi connectivity index (χ0v) is 27.5. The van der Waals surface area contributed by atoms with Crippen LogP contribution in [-0.2, 0) is 37.8 Å². The summed E-state index contributed by atoms with van der Waals surface area (Å²) in [6.07, 6.45) is 0.663. The molecule has 1 heterocycles. The van der Waals surface area contributed by atoms with E-state index in [-0.39, 0.29) is 21.5 Å².